The van der Waals surface area contributed by atoms with E-state index < -0.39 is 0 Å². The van der Waals surface area contributed by atoms with E-state index in [2.05, 4.69) is 63.4 Å². The lowest BCUT2D eigenvalue weighted by Crippen LogP contribution is -2.19. The van der Waals surface area contributed by atoms with E-state index in [9.17, 15) is 0 Å². The van der Waals surface area contributed by atoms with Gasteiger partial charge in [-0.3, -0.25) is 0 Å². The lowest BCUT2D eigenvalue weighted by Gasteiger charge is -2.13. The van der Waals surface area contributed by atoms with Crippen molar-refractivity contribution >= 4 is 5.71 Å². The third-order valence-corrected chi connectivity index (χ3v) is 2.84. The largest absolute Gasteiger partial charge is 0.389 e. The van der Waals surface area contributed by atoms with Crippen molar-refractivity contribution in [3.8, 4) is 12.3 Å². The summed E-state index contributed by atoms with van der Waals surface area (Å²) in [6.45, 7) is 10.0. The van der Waals surface area contributed by atoms with Gasteiger partial charge in [-0.1, -0.05) is 17.3 Å². The van der Waals surface area contributed by atoms with Gasteiger partial charge in [-0.15, -0.1) is 12.3 Å². The van der Waals surface area contributed by atoms with Gasteiger partial charge in [0.15, 0.2) is 0 Å². The first-order valence-electron chi connectivity index (χ1n) is 6.09. The number of oxime groups is 1. The molecule has 0 saturated heterocycles. The maximum absolute atomic E-state index is 5.37. The van der Waals surface area contributed by atoms with E-state index in [0.29, 0.717) is 0 Å². The Morgan fingerprint density at radius 2 is 1.89 bits per heavy atom. The summed E-state index contributed by atoms with van der Waals surface area (Å²) < 4.78 is 0. The quantitative estimate of drug-likeness (QED) is 0.687. The van der Waals surface area contributed by atoms with E-state index in [-0.39, 0.29) is 5.60 Å². The molecule has 96 valence electrons. The Morgan fingerprint density at radius 1 is 1.28 bits per heavy atom. The Hall–Kier alpha value is -1.75. The van der Waals surface area contributed by atoms with Crippen LogP contribution in [-0.4, -0.2) is 11.3 Å². The predicted octanol–water partition coefficient (Wildman–Crippen LogP) is 3.85. The van der Waals surface area contributed by atoms with Crippen molar-refractivity contribution in [1.29, 1.82) is 0 Å². The molecule has 0 atom stereocenters. The first-order chi connectivity index (χ1) is 8.39. The molecule has 1 aromatic rings. The summed E-state index contributed by atoms with van der Waals surface area (Å²) >= 11 is 0. The summed E-state index contributed by atoms with van der Waals surface area (Å²) in [5, 5.41) is 4.15. The lowest BCUT2D eigenvalue weighted by atomic mass is 9.96. The van der Waals surface area contributed by atoms with Crippen molar-refractivity contribution in [2.45, 2.75) is 46.6 Å². The summed E-state index contributed by atoms with van der Waals surface area (Å²) in [6, 6.07) is 6.43. The number of hydrogen-bond donors (Lipinski definition) is 0. The fraction of sp³-hybridized carbons (Fsp3) is 0.438. The van der Waals surface area contributed by atoms with E-state index in [0.717, 1.165) is 12.1 Å². The van der Waals surface area contributed by atoms with Crippen LogP contribution < -0.4 is 0 Å². The van der Waals surface area contributed by atoms with E-state index in [1.807, 2.05) is 0 Å². The molecule has 1 aliphatic rings. The molecular weight excluding hydrogens is 222 g/mol. The topological polar surface area (TPSA) is 21.6 Å². The second-order valence-corrected chi connectivity index (χ2v) is 5.15. The molecular formula is C16H21NO. The predicted molar refractivity (Wildman–Crippen MR) is 76.7 cm³/mol. The van der Waals surface area contributed by atoms with E-state index in [1.165, 1.54) is 16.7 Å². The second kappa shape index (κ2) is 5.73. The van der Waals surface area contributed by atoms with Gasteiger partial charge in [0.05, 0.1) is 5.71 Å². The Bertz CT molecular complexity index is 492. The van der Waals surface area contributed by atoms with Crippen molar-refractivity contribution in [2.24, 2.45) is 5.16 Å². The molecule has 0 amide bonds. The van der Waals surface area contributed by atoms with Gasteiger partial charge in [0.25, 0.3) is 0 Å². The second-order valence-electron chi connectivity index (χ2n) is 5.15. The summed E-state index contributed by atoms with van der Waals surface area (Å²) in [4.78, 5) is 5.37. The molecule has 18 heavy (non-hydrogen) atoms. The zero-order chi connectivity index (χ0) is 13.8. The average Bonchev–Trinajstić information content (AvgIpc) is 2.64. The Morgan fingerprint density at radius 3 is 2.33 bits per heavy atom. The third kappa shape index (κ3) is 3.63. The van der Waals surface area contributed by atoms with Gasteiger partial charge in [-0.05, 0) is 57.4 Å². The lowest BCUT2D eigenvalue weighted by molar-refractivity contribution is 0.0123. The monoisotopic (exact) mass is 243 g/mol. The highest BCUT2D eigenvalue weighted by atomic mass is 16.7. The molecule has 2 rings (SSSR count). The van der Waals surface area contributed by atoms with Gasteiger partial charge in [0.1, 0.15) is 5.60 Å². The normalized spacial score (nSPS) is 15.9. The number of benzene rings is 1. The SMILES string of the molecule is C#CC.Cc1ccc(C2=NOC(C)(C)C2)cc1C. The standard InChI is InChI=1S/C13H17NO.C3H4/c1-9-5-6-11(7-10(9)2)12-8-13(3,4)15-14-12;1-3-2/h5-7H,8H2,1-4H3;1H,2H3. The molecule has 0 unspecified atom stereocenters. The number of aryl methyl sites for hydroxylation is 2. The number of nitrogens with zero attached hydrogens (tertiary/aromatic N) is 1. The summed E-state index contributed by atoms with van der Waals surface area (Å²) in [5.74, 6) is 2.25. The third-order valence-electron chi connectivity index (χ3n) is 2.84. The van der Waals surface area contributed by atoms with Crippen LogP contribution >= 0.6 is 0 Å². The molecule has 0 N–H and O–H groups in total. The number of hydrogen-bond acceptors (Lipinski definition) is 2. The minimum Gasteiger partial charge on any atom is -0.389 e. The molecule has 0 radical (unpaired) electrons. The first kappa shape index (κ1) is 14.3. The van der Waals surface area contributed by atoms with Gasteiger partial charge in [-0.2, -0.15) is 0 Å². The summed E-state index contributed by atoms with van der Waals surface area (Å²) in [5.41, 5.74) is 4.72. The summed E-state index contributed by atoms with van der Waals surface area (Å²) in [6.07, 6.45) is 5.48. The Labute approximate surface area is 110 Å². The zero-order valence-electron chi connectivity index (χ0n) is 11.9. The molecule has 0 bridgehead atoms. The van der Waals surface area contributed by atoms with Gasteiger partial charge in [-0.25, -0.2) is 0 Å². The van der Waals surface area contributed by atoms with Crippen molar-refractivity contribution in [2.75, 3.05) is 0 Å². The van der Waals surface area contributed by atoms with Crippen molar-refractivity contribution < 1.29 is 4.84 Å². The molecule has 1 aromatic carbocycles. The van der Waals surface area contributed by atoms with Crippen molar-refractivity contribution in [1.82, 2.24) is 0 Å². The molecule has 0 aliphatic carbocycles. The van der Waals surface area contributed by atoms with Crippen molar-refractivity contribution in [3.05, 3.63) is 34.9 Å². The summed E-state index contributed by atoms with van der Waals surface area (Å²) in [7, 11) is 0. The van der Waals surface area contributed by atoms with Crippen molar-refractivity contribution in [3.63, 3.8) is 0 Å². The molecule has 2 heteroatoms. The van der Waals surface area contributed by atoms with Crippen LogP contribution in [-0.2, 0) is 4.84 Å². The molecule has 2 nitrogen and oxygen atoms in total. The van der Waals surface area contributed by atoms with Crippen LogP contribution in [0.25, 0.3) is 0 Å². The Kier molecular flexibility index (Phi) is 4.55. The molecule has 0 fully saturated rings. The highest BCUT2D eigenvalue weighted by Gasteiger charge is 2.29. The minimum absolute atomic E-state index is 0.145. The number of rotatable bonds is 1. The highest BCUT2D eigenvalue weighted by Crippen LogP contribution is 2.26. The van der Waals surface area contributed by atoms with Gasteiger partial charge in [0, 0.05) is 6.42 Å². The molecule has 1 heterocycles. The molecule has 0 saturated carbocycles. The fourth-order valence-electron chi connectivity index (χ4n) is 1.72. The van der Waals surface area contributed by atoms with E-state index >= 15 is 0 Å². The van der Waals surface area contributed by atoms with E-state index in [4.69, 9.17) is 4.84 Å². The van der Waals surface area contributed by atoms with Gasteiger partial charge in [0.2, 0.25) is 0 Å². The highest BCUT2D eigenvalue weighted by molar-refractivity contribution is 6.01. The van der Waals surface area contributed by atoms with Crippen LogP contribution in [0.4, 0.5) is 0 Å². The molecule has 1 aliphatic heterocycles. The maximum atomic E-state index is 5.37. The first-order valence-corrected chi connectivity index (χ1v) is 6.09. The maximum Gasteiger partial charge on any atom is 0.137 e. The van der Waals surface area contributed by atoms with Gasteiger partial charge >= 0.3 is 0 Å². The van der Waals surface area contributed by atoms with Crippen LogP contribution in [0.15, 0.2) is 23.4 Å². The smallest absolute Gasteiger partial charge is 0.137 e. The van der Waals surface area contributed by atoms with Crippen LogP contribution in [0.1, 0.15) is 43.9 Å². The average molecular weight is 243 g/mol. The van der Waals surface area contributed by atoms with E-state index in [1.54, 1.807) is 6.92 Å². The number of terminal acetylenes is 1. The molecule has 0 spiro atoms. The minimum atomic E-state index is -0.145. The zero-order valence-corrected chi connectivity index (χ0v) is 11.9. The van der Waals surface area contributed by atoms with Gasteiger partial charge < -0.3 is 4.84 Å². The Balaban J connectivity index is 0.000000492. The fourth-order valence-corrected chi connectivity index (χ4v) is 1.72. The van der Waals surface area contributed by atoms with Crippen LogP contribution in [0.3, 0.4) is 0 Å². The molecule has 0 aromatic heterocycles. The van der Waals surface area contributed by atoms with Crippen LogP contribution in [0.2, 0.25) is 0 Å². The van der Waals surface area contributed by atoms with Crippen LogP contribution in [0.5, 0.6) is 0 Å². The van der Waals surface area contributed by atoms with Crippen LogP contribution in [0, 0.1) is 26.2 Å².